The second-order valence-electron chi connectivity index (χ2n) is 5.29. The molecular weight excluding hydrogens is 322 g/mol. The van der Waals surface area contributed by atoms with Crippen molar-refractivity contribution in [2.24, 2.45) is 0 Å². The molecule has 0 aliphatic heterocycles. The van der Waals surface area contributed by atoms with Gasteiger partial charge in [-0.25, -0.2) is 0 Å². The molecule has 4 nitrogen and oxygen atoms in total. The number of amides is 1. The lowest BCUT2D eigenvalue weighted by molar-refractivity contribution is -0.129. The van der Waals surface area contributed by atoms with Crippen LogP contribution in [0.5, 0.6) is 5.75 Å². The van der Waals surface area contributed by atoms with Gasteiger partial charge >= 0.3 is 0 Å². The Hall–Kier alpha value is -2.11. The van der Waals surface area contributed by atoms with Gasteiger partial charge in [0.05, 0.1) is 20.3 Å². The van der Waals surface area contributed by atoms with E-state index in [-0.39, 0.29) is 5.91 Å². The van der Waals surface area contributed by atoms with Gasteiger partial charge in [0.1, 0.15) is 11.9 Å². The zero-order valence-corrected chi connectivity index (χ0v) is 14.9. The summed E-state index contributed by atoms with van der Waals surface area (Å²) in [7, 11) is 1.62. The third-order valence-corrected chi connectivity index (χ3v) is 4.44. The SMILES string of the molecule is C=CCCOC(C)C(=O)N(Cc1cccs1)c1ccc(OC)cc1. The largest absolute Gasteiger partial charge is 0.497 e. The van der Waals surface area contributed by atoms with Crippen molar-refractivity contribution in [2.45, 2.75) is 26.0 Å². The van der Waals surface area contributed by atoms with Crippen LogP contribution in [-0.2, 0) is 16.1 Å². The number of nitrogens with zero attached hydrogens (tertiary/aromatic N) is 1. The monoisotopic (exact) mass is 345 g/mol. The van der Waals surface area contributed by atoms with Crippen LogP contribution >= 0.6 is 11.3 Å². The van der Waals surface area contributed by atoms with Crippen molar-refractivity contribution in [1.82, 2.24) is 0 Å². The van der Waals surface area contributed by atoms with Gasteiger partial charge in [0, 0.05) is 10.6 Å². The van der Waals surface area contributed by atoms with Gasteiger partial charge in [0.15, 0.2) is 0 Å². The number of ether oxygens (including phenoxy) is 2. The lowest BCUT2D eigenvalue weighted by Gasteiger charge is -2.25. The summed E-state index contributed by atoms with van der Waals surface area (Å²) in [4.78, 5) is 15.7. The smallest absolute Gasteiger partial charge is 0.256 e. The van der Waals surface area contributed by atoms with Gasteiger partial charge in [0.25, 0.3) is 5.91 Å². The fraction of sp³-hybridized carbons (Fsp3) is 0.316. The molecule has 1 aromatic carbocycles. The third kappa shape index (κ3) is 4.94. The molecule has 1 heterocycles. The molecule has 0 saturated heterocycles. The van der Waals surface area contributed by atoms with Gasteiger partial charge in [-0.15, -0.1) is 17.9 Å². The normalized spacial score (nSPS) is 11.8. The number of anilines is 1. The quantitative estimate of drug-likeness (QED) is 0.503. The highest BCUT2D eigenvalue weighted by Crippen LogP contribution is 2.24. The van der Waals surface area contributed by atoms with E-state index in [1.807, 2.05) is 41.8 Å². The molecule has 1 amide bonds. The van der Waals surface area contributed by atoms with Gasteiger partial charge in [-0.3, -0.25) is 4.79 Å². The predicted molar refractivity (Wildman–Crippen MR) is 98.7 cm³/mol. The minimum atomic E-state index is -0.507. The molecule has 0 aliphatic carbocycles. The van der Waals surface area contributed by atoms with Gasteiger partial charge < -0.3 is 14.4 Å². The number of rotatable bonds is 9. The highest BCUT2D eigenvalue weighted by molar-refractivity contribution is 7.09. The Morgan fingerprint density at radius 2 is 2.08 bits per heavy atom. The number of hydrogen-bond acceptors (Lipinski definition) is 4. The lowest BCUT2D eigenvalue weighted by Crippen LogP contribution is -2.38. The summed E-state index contributed by atoms with van der Waals surface area (Å²) < 4.78 is 10.8. The topological polar surface area (TPSA) is 38.8 Å². The minimum absolute atomic E-state index is 0.0578. The van der Waals surface area contributed by atoms with Crippen LogP contribution in [0, 0.1) is 0 Å². The number of benzene rings is 1. The van der Waals surface area contributed by atoms with Crippen LogP contribution < -0.4 is 9.64 Å². The first-order chi connectivity index (χ1) is 11.7. The Bertz CT molecular complexity index is 637. The molecule has 0 spiro atoms. The van der Waals surface area contributed by atoms with Crippen LogP contribution in [0.3, 0.4) is 0 Å². The molecule has 0 radical (unpaired) electrons. The van der Waals surface area contributed by atoms with E-state index < -0.39 is 6.10 Å². The summed E-state index contributed by atoms with van der Waals surface area (Å²) in [6.45, 7) is 6.47. The van der Waals surface area contributed by atoms with Crippen LogP contribution in [0.1, 0.15) is 18.2 Å². The summed E-state index contributed by atoms with van der Waals surface area (Å²) in [6.07, 6.45) is 2.00. The fourth-order valence-corrected chi connectivity index (χ4v) is 2.93. The first-order valence-electron chi connectivity index (χ1n) is 7.86. The summed E-state index contributed by atoms with van der Waals surface area (Å²) >= 11 is 1.63. The average molecular weight is 345 g/mol. The van der Waals surface area contributed by atoms with Crippen molar-refractivity contribution in [3.63, 3.8) is 0 Å². The van der Waals surface area contributed by atoms with Crippen molar-refractivity contribution in [2.75, 3.05) is 18.6 Å². The third-order valence-electron chi connectivity index (χ3n) is 3.58. The van der Waals surface area contributed by atoms with E-state index in [4.69, 9.17) is 9.47 Å². The van der Waals surface area contributed by atoms with E-state index in [9.17, 15) is 4.79 Å². The van der Waals surface area contributed by atoms with Crippen molar-refractivity contribution >= 4 is 22.9 Å². The van der Waals surface area contributed by atoms with E-state index in [0.717, 1.165) is 22.7 Å². The van der Waals surface area contributed by atoms with Gasteiger partial charge in [-0.05, 0) is 49.1 Å². The van der Waals surface area contributed by atoms with Crippen LogP contribution in [-0.4, -0.2) is 25.7 Å². The first-order valence-corrected chi connectivity index (χ1v) is 8.74. The summed E-state index contributed by atoms with van der Waals surface area (Å²) in [5.74, 6) is 0.704. The van der Waals surface area contributed by atoms with Crippen LogP contribution in [0.25, 0.3) is 0 Å². The molecule has 0 fully saturated rings. The standard InChI is InChI=1S/C19H23NO3S/c1-4-5-12-23-15(2)19(21)20(14-18-7-6-13-24-18)16-8-10-17(22-3)11-9-16/h4,6-11,13,15H,1,5,12,14H2,2-3H3. The van der Waals surface area contributed by atoms with Gasteiger partial charge in [-0.2, -0.15) is 0 Å². The highest BCUT2D eigenvalue weighted by Gasteiger charge is 2.23. The summed E-state index contributed by atoms with van der Waals surface area (Å²) in [5.41, 5.74) is 0.827. The molecule has 1 atom stereocenters. The van der Waals surface area contributed by atoms with E-state index in [1.165, 1.54) is 0 Å². The summed E-state index contributed by atoms with van der Waals surface area (Å²) in [6, 6.07) is 11.5. The van der Waals surface area contributed by atoms with Gasteiger partial charge in [0.2, 0.25) is 0 Å². The van der Waals surface area contributed by atoms with Crippen LogP contribution in [0.2, 0.25) is 0 Å². The Morgan fingerprint density at radius 1 is 1.33 bits per heavy atom. The second-order valence-corrected chi connectivity index (χ2v) is 6.32. The van der Waals surface area contributed by atoms with Crippen molar-refractivity contribution < 1.29 is 14.3 Å². The van der Waals surface area contributed by atoms with Crippen LogP contribution in [0.4, 0.5) is 5.69 Å². The second kappa shape index (κ2) is 9.25. The van der Waals surface area contributed by atoms with Crippen LogP contribution in [0.15, 0.2) is 54.4 Å². The Morgan fingerprint density at radius 3 is 2.67 bits per heavy atom. The molecule has 0 bridgehead atoms. The Kier molecular flexibility index (Phi) is 7.03. The highest BCUT2D eigenvalue weighted by atomic mass is 32.1. The number of methoxy groups -OCH3 is 1. The number of thiophene rings is 1. The molecule has 0 saturated carbocycles. The fourth-order valence-electron chi connectivity index (χ4n) is 2.24. The van der Waals surface area contributed by atoms with E-state index in [0.29, 0.717) is 13.2 Å². The minimum Gasteiger partial charge on any atom is -0.497 e. The van der Waals surface area contributed by atoms with Crippen molar-refractivity contribution in [3.05, 3.63) is 59.3 Å². The number of carbonyl (C=O) groups is 1. The maximum Gasteiger partial charge on any atom is 0.256 e. The maximum atomic E-state index is 12.9. The molecule has 2 aromatic rings. The van der Waals surface area contributed by atoms with E-state index in [2.05, 4.69) is 6.58 Å². The maximum absolute atomic E-state index is 12.9. The molecule has 1 aromatic heterocycles. The van der Waals surface area contributed by atoms with E-state index >= 15 is 0 Å². The predicted octanol–water partition coefficient (Wildman–Crippen LogP) is 4.27. The Labute approximate surface area is 147 Å². The van der Waals surface area contributed by atoms with Crippen molar-refractivity contribution in [3.8, 4) is 5.75 Å². The molecule has 24 heavy (non-hydrogen) atoms. The molecule has 5 heteroatoms. The zero-order valence-electron chi connectivity index (χ0n) is 14.1. The van der Waals surface area contributed by atoms with Gasteiger partial charge in [-0.1, -0.05) is 12.1 Å². The Balaban J connectivity index is 2.17. The average Bonchev–Trinajstić information content (AvgIpc) is 3.12. The summed E-state index contributed by atoms with van der Waals surface area (Å²) in [5, 5.41) is 2.01. The zero-order chi connectivity index (χ0) is 17.4. The molecule has 0 N–H and O–H groups in total. The molecule has 128 valence electrons. The molecule has 2 rings (SSSR count). The van der Waals surface area contributed by atoms with E-state index in [1.54, 1.807) is 36.3 Å². The van der Waals surface area contributed by atoms with Crippen molar-refractivity contribution in [1.29, 1.82) is 0 Å². The number of carbonyl (C=O) groups excluding carboxylic acids is 1. The molecule has 1 unspecified atom stereocenters. The number of hydrogen-bond donors (Lipinski definition) is 0. The molecular formula is C19H23NO3S. The lowest BCUT2D eigenvalue weighted by atomic mass is 10.2. The molecule has 0 aliphatic rings. The first kappa shape index (κ1) is 18.2.